The fourth-order valence-corrected chi connectivity index (χ4v) is 1.74. The smallest absolute Gasteiger partial charge is 0.217 e. The lowest BCUT2D eigenvalue weighted by Gasteiger charge is -2.08. The number of nitrogens with one attached hydrogen (secondary N) is 1. The maximum absolute atomic E-state index is 5.20. The quantitative estimate of drug-likeness (QED) is 0.786. The molecular formula is C14H17N3O. The fraction of sp³-hybridized carbons (Fsp3) is 0.286. The van der Waals surface area contributed by atoms with Crippen LogP contribution in [-0.4, -0.2) is 23.6 Å². The summed E-state index contributed by atoms with van der Waals surface area (Å²) in [6.07, 6.45) is 6.39. The highest BCUT2D eigenvalue weighted by molar-refractivity contribution is 5.25. The highest BCUT2D eigenvalue weighted by Gasteiger charge is 2.01. The Labute approximate surface area is 107 Å². The Bertz CT molecular complexity index is 473. The van der Waals surface area contributed by atoms with Crippen molar-refractivity contribution in [2.24, 2.45) is 0 Å². The Morgan fingerprint density at radius 3 is 2.89 bits per heavy atom. The zero-order valence-corrected chi connectivity index (χ0v) is 10.5. The zero-order valence-electron chi connectivity index (χ0n) is 10.5. The normalized spacial score (nSPS) is 10.3. The van der Waals surface area contributed by atoms with Crippen LogP contribution in [0.5, 0.6) is 5.88 Å². The molecule has 2 rings (SSSR count). The molecule has 0 radical (unpaired) electrons. The van der Waals surface area contributed by atoms with E-state index in [4.69, 9.17) is 4.74 Å². The maximum atomic E-state index is 5.20. The molecule has 0 bridgehead atoms. The summed E-state index contributed by atoms with van der Waals surface area (Å²) in [6, 6.07) is 7.97. The Morgan fingerprint density at radius 2 is 2.11 bits per heavy atom. The average molecular weight is 243 g/mol. The minimum Gasteiger partial charge on any atom is -0.481 e. The molecule has 18 heavy (non-hydrogen) atoms. The first kappa shape index (κ1) is 12.5. The van der Waals surface area contributed by atoms with Crippen molar-refractivity contribution < 1.29 is 4.74 Å². The third kappa shape index (κ3) is 3.53. The van der Waals surface area contributed by atoms with Crippen molar-refractivity contribution in [3.8, 4) is 5.88 Å². The largest absolute Gasteiger partial charge is 0.481 e. The van der Waals surface area contributed by atoms with Crippen molar-refractivity contribution in [1.29, 1.82) is 0 Å². The van der Waals surface area contributed by atoms with E-state index in [1.54, 1.807) is 19.5 Å². The number of aromatic nitrogens is 2. The van der Waals surface area contributed by atoms with Gasteiger partial charge in [0.15, 0.2) is 0 Å². The number of pyridine rings is 2. The first-order valence-corrected chi connectivity index (χ1v) is 5.97. The van der Waals surface area contributed by atoms with E-state index >= 15 is 0 Å². The van der Waals surface area contributed by atoms with Gasteiger partial charge in [-0.15, -0.1) is 0 Å². The van der Waals surface area contributed by atoms with Gasteiger partial charge in [-0.2, -0.15) is 0 Å². The van der Waals surface area contributed by atoms with E-state index in [0.29, 0.717) is 5.88 Å². The molecule has 0 saturated heterocycles. The van der Waals surface area contributed by atoms with Crippen LogP contribution in [0.3, 0.4) is 0 Å². The van der Waals surface area contributed by atoms with Gasteiger partial charge in [0, 0.05) is 30.7 Å². The van der Waals surface area contributed by atoms with Gasteiger partial charge in [0.2, 0.25) is 5.88 Å². The predicted molar refractivity (Wildman–Crippen MR) is 70.4 cm³/mol. The van der Waals surface area contributed by atoms with Gasteiger partial charge in [0.25, 0.3) is 0 Å². The first-order valence-electron chi connectivity index (χ1n) is 5.97. The van der Waals surface area contributed by atoms with E-state index in [0.717, 1.165) is 25.1 Å². The van der Waals surface area contributed by atoms with Crippen LogP contribution < -0.4 is 10.1 Å². The van der Waals surface area contributed by atoms with Gasteiger partial charge in [0.1, 0.15) is 0 Å². The third-order valence-electron chi connectivity index (χ3n) is 2.67. The van der Waals surface area contributed by atoms with Gasteiger partial charge in [-0.3, -0.25) is 4.98 Å². The predicted octanol–water partition coefficient (Wildman–Crippen LogP) is 1.82. The number of ether oxygens (including phenoxy) is 1. The van der Waals surface area contributed by atoms with Gasteiger partial charge in [-0.05, 0) is 30.7 Å². The van der Waals surface area contributed by atoms with E-state index in [2.05, 4.69) is 21.4 Å². The maximum Gasteiger partial charge on any atom is 0.217 e. The van der Waals surface area contributed by atoms with Crippen molar-refractivity contribution in [3.63, 3.8) is 0 Å². The van der Waals surface area contributed by atoms with Crippen molar-refractivity contribution in [2.45, 2.75) is 13.0 Å². The van der Waals surface area contributed by atoms with Crippen LogP contribution in [0.4, 0.5) is 0 Å². The Morgan fingerprint density at radius 1 is 1.22 bits per heavy atom. The van der Waals surface area contributed by atoms with Gasteiger partial charge in [-0.1, -0.05) is 12.1 Å². The molecule has 2 aromatic rings. The Hall–Kier alpha value is -1.94. The molecule has 0 spiro atoms. The molecule has 4 nitrogen and oxygen atoms in total. The lowest BCUT2D eigenvalue weighted by Crippen LogP contribution is -2.17. The van der Waals surface area contributed by atoms with Gasteiger partial charge in [-0.25, -0.2) is 4.98 Å². The SMILES string of the molecule is COc1ncccc1CNCCc1cccnc1. The molecule has 4 heteroatoms. The highest BCUT2D eigenvalue weighted by atomic mass is 16.5. The molecule has 94 valence electrons. The standard InChI is InChI=1S/C14H17N3O/c1-18-14-13(5-3-8-17-14)11-16-9-6-12-4-2-7-15-10-12/h2-5,7-8,10,16H,6,9,11H2,1H3. The Kier molecular flexibility index (Phi) is 4.67. The second-order valence-corrected chi connectivity index (χ2v) is 3.96. The zero-order chi connectivity index (χ0) is 12.6. The van der Waals surface area contributed by atoms with Crippen molar-refractivity contribution in [3.05, 3.63) is 54.0 Å². The van der Waals surface area contributed by atoms with Gasteiger partial charge < -0.3 is 10.1 Å². The van der Waals surface area contributed by atoms with E-state index in [1.165, 1.54) is 5.56 Å². The summed E-state index contributed by atoms with van der Waals surface area (Å²) in [5.41, 5.74) is 2.31. The summed E-state index contributed by atoms with van der Waals surface area (Å²) in [6.45, 7) is 1.67. The molecular weight excluding hydrogens is 226 g/mol. The molecule has 0 amide bonds. The number of methoxy groups -OCH3 is 1. The van der Waals surface area contributed by atoms with Gasteiger partial charge >= 0.3 is 0 Å². The minimum absolute atomic E-state index is 0.686. The van der Waals surface area contributed by atoms with E-state index < -0.39 is 0 Å². The van der Waals surface area contributed by atoms with Crippen molar-refractivity contribution in [2.75, 3.05) is 13.7 Å². The second-order valence-electron chi connectivity index (χ2n) is 3.96. The van der Waals surface area contributed by atoms with Crippen molar-refractivity contribution >= 4 is 0 Å². The van der Waals surface area contributed by atoms with Crippen LogP contribution in [0.1, 0.15) is 11.1 Å². The molecule has 0 aliphatic heterocycles. The Balaban J connectivity index is 1.78. The van der Waals surface area contributed by atoms with E-state index in [-0.39, 0.29) is 0 Å². The molecule has 0 aromatic carbocycles. The first-order chi connectivity index (χ1) is 8.90. The summed E-state index contributed by atoms with van der Waals surface area (Å²) in [4.78, 5) is 8.25. The molecule has 0 aliphatic rings. The van der Waals surface area contributed by atoms with Crippen LogP contribution in [0.25, 0.3) is 0 Å². The minimum atomic E-state index is 0.686. The third-order valence-corrected chi connectivity index (χ3v) is 2.67. The fourth-order valence-electron chi connectivity index (χ4n) is 1.74. The average Bonchev–Trinajstić information content (AvgIpc) is 2.45. The summed E-state index contributed by atoms with van der Waals surface area (Å²) < 4.78 is 5.20. The van der Waals surface area contributed by atoms with Gasteiger partial charge in [0.05, 0.1) is 7.11 Å². The lowest BCUT2D eigenvalue weighted by atomic mass is 10.2. The molecule has 0 atom stereocenters. The van der Waals surface area contributed by atoms with Crippen molar-refractivity contribution in [1.82, 2.24) is 15.3 Å². The number of rotatable bonds is 6. The summed E-state index contributed by atoms with van der Waals surface area (Å²) in [5, 5.41) is 3.38. The van der Waals surface area contributed by atoms with Crippen LogP contribution in [0.15, 0.2) is 42.9 Å². The lowest BCUT2D eigenvalue weighted by molar-refractivity contribution is 0.390. The number of nitrogens with zero attached hydrogens (tertiary/aromatic N) is 2. The van der Waals surface area contributed by atoms with Crippen LogP contribution >= 0.6 is 0 Å². The molecule has 0 unspecified atom stereocenters. The number of hydrogen-bond donors (Lipinski definition) is 1. The van der Waals surface area contributed by atoms with E-state index in [9.17, 15) is 0 Å². The monoisotopic (exact) mass is 243 g/mol. The molecule has 2 heterocycles. The summed E-state index contributed by atoms with van der Waals surface area (Å²) in [7, 11) is 1.64. The van der Waals surface area contributed by atoms with Crippen LogP contribution in [0.2, 0.25) is 0 Å². The molecule has 1 N–H and O–H groups in total. The van der Waals surface area contributed by atoms with E-state index in [1.807, 2.05) is 24.4 Å². The molecule has 0 fully saturated rings. The molecule has 0 saturated carbocycles. The molecule has 2 aromatic heterocycles. The van der Waals surface area contributed by atoms with Crippen LogP contribution in [0, 0.1) is 0 Å². The molecule has 0 aliphatic carbocycles. The second kappa shape index (κ2) is 6.71. The number of hydrogen-bond acceptors (Lipinski definition) is 4. The van der Waals surface area contributed by atoms with Crippen LogP contribution in [-0.2, 0) is 13.0 Å². The topological polar surface area (TPSA) is 47.0 Å². The summed E-state index contributed by atoms with van der Waals surface area (Å²) in [5.74, 6) is 0.686. The summed E-state index contributed by atoms with van der Waals surface area (Å²) >= 11 is 0. The highest BCUT2D eigenvalue weighted by Crippen LogP contribution is 2.12.